The van der Waals surface area contributed by atoms with Crippen molar-refractivity contribution in [2.45, 2.75) is 52.2 Å². The Labute approximate surface area is 248 Å². The van der Waals surface area contributed by atoms with E-state index in [2.05, 4.69) is 5.32 Å². The summed E-state index contributed by atoms with van der Waals surface area (Å²) in [4.78, 5) is 29.5. The van der Waals surface area contributed by atoms with Crippen LogP contribution in [-0.2, 0) is 32.6 Å². The zero-order valence-corrected chi connectivity index (χ0v) is 25.6. The number of amides is 2. The Bertz CT molecular complexity index is 1520. The fourth-order valence-corrected chi connectivity index (χ4v) is 5.66. The summed E-state index contributed by atoms with van der Waals surface area (Å²) in [5.41, 5.74) is 2.43. The van der Waals surface area contributed by atoms with Gasteiger partial charge < -0.3 is 19.7 Å². The number of carbonyl (C=O) groups is 2. The number of fused-ring (bicyclic) bond motifs is 1. The third kappa shape index (κ3) is 8.25. The van der Waals surface area contributed by atoms with Crippen LogP contribution in [0.4, 0.5) is 5.69 Å². The Morgan fingerprint density at radius 3 is 2.21 bits per heavy atom. The average Bonchev–Trinajstić information content (AvgIpc) is 2.92. The van der Waals surface area contributed by atoms with Gasteiger partial charge in [-0.3, -0.25) is 13.9 Å². The molecule has 0 aliphatic carbocycles. The summed E-state index contributed by atoms with van der Waals surface area (Å²) in [5, 5.41) is 3.03. The first-order valence-electron chi connectivity index (χ1n) is 13.9. The molecule has 0 radical (unpaired) electrons. The molecule has 3 aromatic rings. The number of aryl methyl sites for hydroxylation is 1. The van der Waals surface area contributed by atoms with E-state index in [0.29, 0.717) is 24.7 Å². The van der Waals surface area contributed by atoms with Crippen LogP contribution in [0.25, 0.3) is 0 Å². The monoisotopic (exact) mass is 593 g/mol. The highest BCUT2D eigenvalue weighted by Gasteiger charge is 2.34. The first-order chi connectivity index (χ1) is 19.8. The van der Waals surface area contributed by atoms with Crippen LogP contribution in [0.1, 0.15) is 37.5 Å². The van der Waals surface area contributed by atoms with Crippen LogP contribution in [0.3, 0.4) is 0 Å². The van der Waals surface area contributed by atoms with Gasteiger partial charge in [-0.1, -0.05) is 60.2 Å². The van der Waals surface area contributed by atoms with E-state index >= 15 is 0 Å². The Hall–Kier alpha value is -4.05. The number of hydrogen-bond acceptors (Lipinski definition) is 6. The lowest BCUT2D eigenvalue weighted by Crippen LogP contribution is -2.56. The van der Waals surface area contributed by atoms with Crippen molar-refractivity contribution in [2.75, 3.05) is 30.3 Å². The first kappa shape index (κ1) is 30.9. The summed E-state index contributed by atoms with van der Waals surface area (Å²) in [6.45, 7) is 7.94. The fraction of sp³-hybridized carbons (Fsp3) is 0.375. The second kappa shape index (κ2) is 12.9. The van der Waals surface area contributed by atoms with Crippen LogP contribution in [0.15, 0.2) is 72.8 Å². The minimum absolute atomic E-state index is 0.119. The normalized spacial score (nSPS) is 13.6. The lowest BCUT2D eigenvalue weighted by molar-refractivity contribution is -0.140. The highest BCUT2D eigenvalue weighted by atomic mass is 32.2. The van der Waals surface area contributed by atoms with Gasteiger partial charge in [-0.25, -0.2) is 8.42 Å². The van der Waals surface area contributed by atoms with E-state index in [9.17, 15) is 18.0 Å². The fourth-order valence-electron chi connectivity index (χ4n) is 4.81. The molecular formula is C32H39N3O6S. The summed E-state index contributed by atoms with van der Waals surface area (Å²) >= 11 is 0. The molecule has 0 bridgehead atoms. The van der Waals surface area contributed by atoms with Gasteiger partial charge in [0.15, 0.2) is 11.5 Å². The largest absolute Gasteiger partial charge is 0.486 e. The number of carbonyl (C=O) groups excluding carboxylic acids is 2. The van der Waals surface area contributed by atoms with Crippen LogP contribution >= 0.6 is 0 Å². The summed E-state index contributed by atoms with van der Waals surface area (Å²) in [6.07, 6.45) is 1.30. The maximum atomic E-state index is 14.2. The van der Waals surface area contributed by atoms with Gasteiger partial charge in [0.1, 0.15) is 25.8 Å². The number of sulfonamides is 1. The summed E-state index contributed by atoms with van der Waals surface area (Å²) < 4.78 is 38.4. The molecule has 1 aliphatic heterocycles. The van der Waals surface area contributed by atoms with Crippen LogP contribution in [0.2, 0.25) is 0 Å². The highest BCUT2D eigenvalue weighted by molar-refractivity contribution is 7.92. The zero-order chi connectivity index (χ0) is 30.5. The van der Waals surface area contributed by atoms with E-state index in [-0.39, 0.29) is 24.6 Å². The molecule has 10 heteroatoms. The quantitative estimate of drug-likeness (QED) is 0.380. The molecule has 0 fully saturated rings. The smallest absolute Gasteiger partial charge is 0.244 e. The van der Waals surface area contributed by atoms with E-state index in [1.54, 1.807) is 18.2 Å². The van der Waals surface area contributed by atoms with Crippen molar-refractivity contribution in [2.24, 2.45) is 0 Å². The molecule has 1 N–H and O–H groups in total. The van der Waals surface area contributed by atoms with Crippen molar-refractivity contribution in [3.8, 4) is 11.5 Å². The van der Waals surface area contributed by atoms with Gasteiger partial charge in [0.25, 0.3) is 0 Å². The molecule has 0 aromatic heterocycles. The first-order valence-corrected chi connectivity index (χ1v) is 15.7. The summed E-state index contributed by atoms with van der Waals surface area (Å²) in [7, 11) is -3.90. The number of rotatable bonds is 10. The Balaban J connectivity index is 1.74. The second-order valence-corrected chi connectivity index (χ2v) is 13.5. The molecule has 42 heavy (non-hydrogen) atoms. The van der Waals surface area contributed by atoms with Crippen molar-refractivity contribution in [3.63, 3.8) is 0 Å². The predicted octanol–water partition coefficient (Wildman–Crippen LogP) is 4.09. The van der Waals surface area contributed by atoms with Crippen LogP contribution < -0.4 is 19.1 Å². The Kier molecular flexibility index (Phi) is 9.46. The van der Waals surface area contributed by atoms with Gasteiger partial charge in [0, 0.05) is 24.6 Å². The maximum absolute atomic E-state index is 14.2. The van der Waals surface area contributed by atoms with Crippen LogP contribution in [0.5, 0.6) is 11.5 Å². The molecule has 0 unspecified atom stereocenters. The van der Waals surface area contributed by atoms with Crippen molar-refractivity contribution in [1.29, 1.82) is 0 Å². The molecule has 224 valence electrons. The van der Waals surface area contributed by atoms with Gasteiger partial charge in [-0.2, -0.15) is 0 Å². The minimum Gasteiger partial charge on any atom is -0.486 e. The van der Waals surface area contributed by atoms with Gasteiger partial charge in [0.2, 0.25) is 21.8 Å². The van der Waals surface area contributed by atoms with Crippen molar-refractivity contribution in [3.05, 3.63) is 89.5 Å². The molecule has 1 heterocycles. The third-order valence-corrected chi connectivity index (χ3v) is 7.84. The summed E-state index contributed by atoms with van der Waals surface area (Å²) in [6, 6.07) is 21.0. The molecular weight excluding hydrogens is 554 g/mol. The number of benzene rings is 3. The van der Waals surface area contributed by atoms with Crippen molar-refractivity contribution < 1.29 is 27.5 Å². The van der Waals surface area contributed by atoms with Gasteiger partial charge >= 0.3 is 0 Å². The number of ether oxygens (including phenoxy) is 2. The van der Waals surface area contributed by atoms with Gasteiger partial charge in [-0.15, -0.1) is 0 Å². The Morgan fingerprint density at radius 1 is 0.905 bits per heavy atom. The lowest BCUT2D eigenvalue weighted by atomic mass is 10.0. The highest BCUT2D eigenvalue weighted by Crippen LogP contribution is 2.35. The topological polar surface area (TPSA) is 105 Å². The van der Waals surface area contributed by atoms with E-state index in [1.807, 2.05) is 82.3 Å². The standard InChI is InChI=1S/C32H39N3O6S/c1-23-10-9-13-25(18-23)21-34(27(31(37)33-32(2,3)4)19-24-11-7-6-8-12-24)30(36)22-35(42(5,38)39)26-14-15-28-29(20-26)41-17-16-40-28/h6-15,18,20,27H,16-17,19,21-22H2,1-5H3,(H,33,37)/t27-/m1/s1. The van der Waals surface area contributed by atoms with Crippen LogP contribution in [-0.4, -0.2) is 62.7 Å². The molecule has 1 atom stereocenters. The predicted molar refractivity (Wildman–Crippen MR) is 163 cm³/mol. The number of hydrogen-bond donors (Lipinski definition) is 1. The molecule has 0 saturated carbocycles. The van der Waals surface area contributed by atoms with E-state index in [1.165, 1.54) is 4.90 Å². The molecule has 4 rings (SSSR count). The molecule has 9 nitrogen and oxygen atoms in total. The lowest BCUT2D eigenvalue weighted by Gasteiger charge is -2.35. The average molecular weight is 594 g/mol. The minimum atomic E-state index is -3.90. The number of nitrogens with zero attached hydrogens (tertiary/aromatic N) is 2. The SMILES string of the molecule is Cc1cccc(CN(C(=O)CN(c2ccc3c(c2)OCCO3)S(C)(=O)=O)[C@H](Cc2ccccc2)C(=O)NC(C)(C)C)c1. The molecule has 0 saturated heterocycles. The van der Waals surface area contributed by atoms with Crippen molar-refractivity contribution in [1.82, 2.24) is 10.2 Å². The van der Waals surface area contributed by atoms with Crippen molar-refractivity contribution >= 4 is 27.5 Å². The van der Waals surface area contributed by atoms with E-state index in [4.69, 9.17) is 9.47 Å². The Morgan fingerprint density at radius 2 is 1.57 bits per heavy atom. The molecule has 2 amide bonds. The van der Waals surface area contributed by atoms with Gasteiger partial charge in [-0.05, 0) is 51.0 Å². The summed E-state index contributed by atoms with van der Waals surface area (Å²) in [5.74, 6) is 0.0787. The molecule has 3 aromatic carbocycles. The number of nitrogens with one attached hydrogen (secondary N) is 1. The molecule has 0 spiro atoms. The number of anilines is 1. The third-order valence-electron chi connectivity index (χ3n) is 6.70. The second-order valence-electron chi connectivity index (χ2n) is 11.6. The van der Waals surface area contributed by atoms with E-state index < -0.39 is 34.1 Å². The van der Waals surface area contributed by atoms with E-state index in [0.717, 1.165) is 27.3 Å². The van der Waals surface area contributed by atoms with Gasteiger partial charge in [0.05, 0.1) is 11.9 Å². The van der Waals surface area contributed by atoms with Crippen LogP contribution in [0, 0.1) is 6.92 Å². The molecule has 1 aliphatic rings. The zero-order valence-electron chi connectivity index (χ0n) is 24.8. The maximum Gasteiger partial charge on any atom is 0.244 e.